The van der Waals surface area contributed by atoms with Crippen LogP contribution in [0, 0.1) is 0 Å². The van der Waals surface area contributed by atoms with Crippen LogP contribution in [0.5, 0.6) is 0 Å². The second kappa shape index (κ2) is 10.4. The molecule has 0 aromatic carbocycles. The molecule has 0 fully saturated rings. The Labute approximate surface area is 138 Å². The van der Waals surface area contributed by atoms with E-state index in [0.29, 0.717) is 12.2 Å². The van der Waals surface area contributed by atoms with Crippen molar-refractivity contribution < 1.29 is 31.5 Å². The van der Waals surface area contributed by atoms with Crippen LogP contribution in [-0.4, -0.2) is 35.2 Å². The van der Waals surface area contributed by atoms with Crippen LogP contribution in [0.25, 0.3) is 0 Å². The Balaban J connectivity index is 4.19. The van der Waals surface area contributed by atoms with Crippen LogP contribution in [-0.2, 0) is 9.53 Å². The topological polar surface area (TPSA) is 26.3 Å². The van der Waals surface area contributed by atoms with Gasteiger partial charge in [-0.2, -0.15) is 22.0 Å². The lowest BCUT2D eigenvalue weighted by Gasteiger charge is -2.20. The van der Waals surface area contributed by atoms with Gasteiger partial charge in [-0.3, -0.25) is 4.79 Å². The maximum absolute atomic E-state index is 12.7. The first kappa shape index (κ1) is 22.5. The summed E-state index contributed by atoms with van der Waals surface area (Å²) in [6.45, 7) is 5.45. The van der Waals surface area contributed by atoms with E-state index >= 15 is 0 Å². The number of carbonyl (C=O) groups excluding carboxylic acids is 1. The number of esters is 1. The van der Waals surface area contributed by atoms with E-state index < -0.39 is 18.5 Å². The maximum atomic E-state index is 12.7. The molecular formula is C15H25F5O2S. The molecular weight excluding hydrogens is 339 g/mol. The van der Waals surface area contributed by atoms with Crippen molar-refractivity contribution in [2.45, 2.75) is 82.7 Å². The molecule has 8 heteroatoms. The van der Waals surface area contributed by atoms with Gasteiger partial charge in [-0.05, 0) is 38.9 Å². The summed E-state index contributed by atoms with van der Waals surface area (Å²) in [5.41, 5.74) is 0. The van der Waals surface area contributed by atoms with Crippen LogP contribution in [0.4, 0.5) is 22.0 Å². The summed E-state index contributed by atoms with van der Waals surface area (Å²) >= 11 is 1.27. The van der Waals surface area contributed by atoms with Gasteiger partial charge in [0, 0.05) is 6.42 Å². The second-order valence-corrected chi connectivity index (χ2v) is 6.96. The van der Waals surface area contributed by atoms with Gasteiger partial charge in [0.2, 0.25) is 0 Å². The highest BCUT2D eigenvalue weighted by Gasteiger charge is 2.56. The van der Waals surface area contributed by atoms with Crippen LogP contribution in [0.1, 0.15) is 59.3 Å². The first-order valence-corrected chi connectivity index (χ1v) is 8.82. The molecule has 0 saturated heterocycles. The van der Waals surface area contributed by atoms with Gasteiger partial charge < -0.3 is 4.74 Å². The van der Waals surface area contributed by atoms with Crippen molar-refractivity contribution in [2.75, 3.05) is 5.75 Å². The van der Waals surface area contributed by atoms with Crippen LogP contribution >= 0.6 is 11.8 Å². The van der Waals surface area contributed by atoms with E-state index in [2.05, 4.69) is 0 Å². The third-order valence-electron chi connectivity index (χ3n) is 3.05. The molecule has 1 atom stereocenters. The summed E-state index contributed by atoms with van der Waals surface area (Å²) in [6, 6.07) is 0. The van der Waals surface area contributed by atoms with E-state index in [0.717, 1.165) is 12.8 Å². The maximum Gasteiger partial charge on any atom is 0.453 e. The van der Waals surface area contributed by atoms with Crippen LogP contribution < -0.4 is 0 Å². The minimum Gasteiger partial charge on any atom is -0.462 e. The second-order valence-electron chi connectivity index (χ2n) is 5.65. The molecule has 0 spiro atoms. The van der Waals surface area contributed by atoms with Crippen molar-refractivity contribution in [2.24, 2.45) is 0 Å². The summed E-state index contributed by atoms with van der Waals surface area (Å²) in [5, 5.41) is -0.388. The van der Waals surface area contributed by atoms with Gasteiger partial charge >= 0.3 is 18.1 Å². The Hall–Kier alpha value is -0.530. The van der Waals surface area contributed by atoms with Gasteiger partial charge in [0.15, 0.2) is 0 Å². The summed E-state index contributed by atoms with van der Waals surface area (Å²) < 4.78 is 66.7. The highest BCUT2D eigenvalue weighted by molar-refractivity contribution is 8.00. The van der Waals surface area contributed by atoms with E-state index in [9.17, 15) is 26.7 Å². The van der Waals surface area contributed by atoms with Gasteiger partial charge in [0.1, 0.15) is 5.25 Å². The predicted molar refractivity (Wildman–Crippen MR) is 81.9 cm³/mol. The fourth-order valence-corrected chi connectivity index (χ4v) is 2.96. The summed E-state index contributed by atoms with van der Waals surface area (Å²) in [4.78, 5) is 11.9. The van der Waals surface area contributed by atoms with E-state index in [1.165, 1.54) is 11.8 Å². The van der Waals surface area contributed by atoms with Crippen LogP contribution in [0.15, 0.2) is 0 Å². The summed E-state index contributed by atoms with van der Waals surface area (Å²) in [5.74, 6) is -4.63. The van der Waals surface area contributed by atoms with Crippen molar-refractivity contribution in [1.82, 2.24) is 0 Å². The Morgan fingerprint density at radius 2 is 1.70 bits per heavy atom. The zero-order valence-corrected chi connectivity index (χ0v) is 14.5. The standard InChI is InChI=1S/C15H25F5O2S/c1-4-5-8-12(13(21)22-11(2)3)23-10-7-6-9-14(16,17)15(18,19)20/h11-12H,4-10H2,1-3H3. The molecule has 0 aliphatic carbocycles. The zero-order chi connectivity index (χ0) is 18.1. The molecule has 23 heavy (non-hydrogen) atoms. The number of alkyl halides is 5. The molecule has 0 heterocycles. The van der Waals surface area contributed by atoms with Crippen LogP contribution in [0.3, 0.4) is 0 Å². The van der Waals surface area contributed by atoms with Gasteiger partial charge in [-0.15, -0.1) is 11.8 Å². The lowest BCUT2D eigenvalue weighted by molar-refractivity contribution is -0.284. The van der Waals surface area contributed by atoms with Gasteiger partial charge in [0.25, 0.3) is 0 Å². The van der Waals surface area contributed by atoms with Crippen molar-refractivity contribution in [3.63, 3.8) is 0 Å². The fourth-order valence-electron chi connectivity index (χ4n) is 1.78. The third-order valence-corrected chi connectivity index (χ3v) is 4.41. The monoisotopic (exact) mass is 364 g/mol. The minimum absolute atomic E-state index is 0.202. The van der Waals surface area contributed by atoms with Gasteiger partial charge in [-0.1, -0.05) is 19.8 Å². The predicted octanol–water partition coefficient (Wildman–Crippen LogP) is 5.60. The van der Waals surface area contributed by atoms with Crippen molar-refractivity contribution in [3.8, 4) is 0 Å². The molecule has 138 valence electrons. The highest BCUT2D eigenvalue weighted by Crippen LogP contribution is 2.39. The van der Waals surface area contributed by atoms with E-state index in [4.69, 9.17) is 4.74 Å². The first-order valence-electron chi connectivity index (χ1n) is 7.78. The lowest BCUT2D eigenvalue weighted by Crippen LogP contribution is -2.36. The van der Waals surface area contributed by atoms with E-state index in [-0.39, 0.29) is 30.2 Å². The third kappa shape index (κ3) is 9.37. The number of thioether (sulfide) groups is 1. The van der Waals surface area contributed by atoms with Crippen molar-refractivity contribution >= 4 is 17.7 Å². The number of unbranched alkanes of at least 4 members (excludes halogenated alkanes) is 2. The highest BCUT2D eigenvalue weighted by atomic mass is 32.2. The van der Waals surface area contributed by atoms with Gasteiger partial charge in [0.05, 0.1) is 6.10 Å². The average molecular weight is 364 g/mol. The van der Waals surface area contributed by atoms with Crippen molar-refractivity contribution in [3.05, 3.63) is 0 Å². The number of hydrogen-bond acceptors (Lipinski definition) is 3. The SMILES string of the molecule is CCCCC(SCCCCC(F)(F)C(F)(F)F)C(=O)OC(C)C. The zero-order valence-electron chi connectivity index (χ0n) is 13.7. The molecule has 0 N–H and O–H groups in total. The lowest BCUT2D eigenvalue weighted by atomic mass is 10.1. The number of ether oxygens (including phenoxy) is 1. The Morgan fingerprint density at radius 1 is 1.09 bits per heavy atom. The fraction of sp³-hybridized carbons (Fsp3) is 0.933. The normalized spacial score (nSPS) is 14.1. The molecule has 2 nitrogen and oxygen atoms in total. The molecule has 1 unspecified atom stereocenters. The largest absolute Gasteiger partial charge is 0.462 e. The molecule has 0 aliphatic heterocycles. The molecule has 0 aromatic heterocycles. The molecule has 0 amide bonds. The number of rotatable bonds is 11. The molecule has 0 bridgehead atoms. The molecule has 0 aliphatic rings. The Bertz CT molecular complexity index is 345. The smallest absolute Gasteiger partial charge is 0.453 e. The Morgan fingerprint density at radius 3 is 2.17 bits per heavy atom. The Kier molecular flexibility index (Phi) is 10.1. The van der Waals surface area contributed by atoms with E-state index in [1.54, 1.807) is 13.8 Å². The summed E-state index contributed by atoms with van der Waals surface area (Å²) in [6.07, 6.45) is -4.63. The van der Waals surface area contributed by atoms with Crippen LogP contribution in [0.2, 0.25) is 0 Å². The minimum atomic E-state index is -5.50. The van der Waals surface area contributed by atoms with Crippen molar-refractivity contribution in [1.29, 1.82) is 0 Å². The molecule has 0 aromatic rings. The molecule has 0 radical (unpaired) electrons. The average Bonchev–Trinajstić information content (AvgIpc) is 2.39. The molecule has 0 rings (SSSR count). The number of halogens is 5. The number of carbonyl (C=O) groups is 1. The van der Waals surface area contributed by atoms with Gasteiger partial charge in [-0.25, -0.2) is 0 Å². The molecule has 0 saturated carbocycles. The quantitative estimate of drug-likeness (QED) is 0.271. The van der Waals surface area contributed by atoms with E-state index in [1.807, 2.05) is 6.92 Å². The first-order chi connectivity index (χ1) is 10.5. The summed E-state index contributed by atoms with van der Waals surface area (Å²) in [7, 11) is 0. The number of hydrogen-bond donors (Lipinski definition) is 0.